The predicted molar refractivity (Wildman–Crippen MR) is 94.0 cm³/mol. The zero-order valence-electron chi connectivity index (χ0n) is 14.0. The second kappa shape index (κ2) is 6.89. The van der Waals surface area contributed by atoms with Crippen LogP contribution in [-0.2, 0) is 14.8 Å². The topological polar surface area (TPSA) is 132 Å². The summed E-state index contributed by atoms with van der Waals surface area (Å²) in [4.78, 5) is 30.6. The van der Waals surface area contributed by atoms with Gasteiger partial charge < -0.3 is 9.72 Å². The summed E-state index contributed by atoms with van der Waals surface area (Å²) in [6, 6.07) is 9.13. The second-order valence-corrected chi connectivity index (χ2v) is 7.26. The Balaban J connectivity index is 1.92. The molecule has 0 aliphatic heterocycles. The molecular weight excluding hydrogens is 377 g/mol. The quantitative estimate of drug-likeness (QED) is 0.650. The van der Waals surface area contributed by atoms with Crippen molar-refractivity contribution in [3.63, 3.8) is 0 Å². The first-order chi connectivity index (χ1) is 12.7. The van der Waals surface area contributed by atoms with Gasteiger partial charge in [0.2, 0.25) is 10.0 Å². The number of hydrogen-bond acceptors (Lipinski definition) is 6. The first kappa shape index (κ1) is 18.7. The Hall–Kier alpha value is -3.11. The standard InChI is InChI=1S/C17H14FN3O5S/c1-9(15-20-14-5-3-2-4-11(14)16(22)21-15)26-17(23)12-8-10(27(19,24)25)6-7-13(12)18/h2-9H,1H3,(H2,19,24,25)(H,20,21,22)/t9-/m1/s1. The van der Waals surface area contributed by atoms with Crippen LogP contribution in [0, 0.1) is 5.82 Å². The third kappa shape index (κ3) is 3.86. The van der Waals surface area contributed by atoms with E-state index in [0.717, 1.165) is 18.2 Å². The summed E-state index contributed by atoms with van der Waals surface area (Å²) in [5.41, 5.74) is -0.612. The molecule has 0 aliphatic carbocycles. The van der Waals surface area contributed by atoms with Gasteiger partial charge in [0.25, 0.3) is 5.56 Å². The van der Waals surface area contributed by atoms with E-state index < -0.39 is 43.9 Å². The van der Waals surface area contributed by atoms with Gasteiger partial charge in [0.1, 0.15) is 5.82 Å². The number of nitrogens with zero attached hydrogens (tertiary/aromatic N) is 1. The van der Waals surface area contributed by atoms with Crippen LogP contribution in [0.5, 0.6) is 0 Å². The zero-order chi connectivity index (χ0) is 19.8. The van der Waals surface area contributed by atoms with E-state index in [-0.39, 0.29) is 5.82 Å². The van der Waals surface area contributed by atoms with Crippen LogP contribution in [0.4, 0.5) is 4.39 Å². The first-order valence-corrected chi connectivity index (χ1v) is 9.24. The maximum atomic E-state index is 13.9. The Labute approximate surface area is 152 Å². The highest BCUT2D eigenvalue weighted by Crippen LogP contribution is 2.20. The van der Waals surface area contributed by atoms with Gasteiger partial charge in [-0.3, -0.25) is 4.79 Å². The SMILES string of the molecule is C[C@@H](OC(=O)c1cc(S(N)(=O)=O)ccc1F)c1nc2ccccc2c(=O)[nH]1. The number of fused-ring (bicyclic) bond motifs is 1. The van der Waals surface area contributed by atoms with E-state index in [1.807, 2.05) is 0 Å². The third-order valence-corrected chi connectivity index (χ3v) is 4.70. The van der Waals surface area contributed by atoms with Crippen molar-refractivity contribution in [3.8, 4) is 0 Å². The molecule has 27 heavy (non-hydrogen) atoms. The lowest BCUT2D eigenvalue weighted by molar-refractivity contribution is 0.0314. The highest BCUT2D eigenvalue weighted by molar-refractivity contribution is 7.89. The van der Waals surface area contributed by atoms with Crippen molar-refractivity contribution in [1.29, 1.82) is 0 Å². The van der Waals surface area contributed by atoms with E-state index in [1.54, 1.807) is 24.3 Å². The Morgan fingerprint density at radius 1 is 1.26 bits per heavy atom. The molecule has 0 saturated heterocycles. The van der Waals surface area contributed by atoms with Crippen molar-refractivity contribution >= 4 is 26.9 Å². The third-order valence-electron chi connectivity index (χ3n) is 3.79. The first-order valence-electron chi connectivity index (χ1n) is 7.69. The van der Waals surface area contributed by atoms with Crippen LogP contribution in [0.1, 0.15) is 29.2 Å². The number of ether oxygens (including phenoxy) is 1. The van der Waals surface area contributed by atoms with Crippen molar-refractivity contribution in [2.75, 3.05) is 0 Å². The van der Waals surface area contributed by atoms with E-state index in [2.05, 4.69) is 9.97 Å². The highest BCUT2D eigenvalue weighted by Gasteiger charge is 2.21. The summed E-state index contributed by atoms with van der Waals surface area (Å²) >= 11 is 0. The average Bonchev–Trinajstić information content (AvgIpc) is 2.61. The molecule has 140 valence electrons. The van der Waals surface area contributed by atoms with Crippen LogP contribution < -0.4 is 10.7 Å². The molecular formula is C17H14FN3O5S. The fourth-order valence-corrected chi connectivity index (χ4v) is 2.95. The molecule has 0 radical (unpaired) electrons. The Morgan fingerprint density at radius 2 is 1.96 bits per heavy atom. The van der Waals surface area contributed by atoms with E-state index in [1.165, 1.54) is 6.92 Å². The number of carbonyl (C=O) groups excluding carboxylic acids is 1. The molecule has 1 atom stereocenters. The second-order valence-electron chi connectivity index (χ2n) is 5.70. The molecule has 1 heterocycles. The summed E-state index contributed by atoms with van der Waals surface area (Å²) in [6.45, 7) is 1.44. The molecule has 3 N–H and O–H groups in total. The minimum Gasteiger partial charge on any atom is -0.451 e. The van der Waals surface area contributed by atoms with Gasteiger partial charge in [0.05, 0.1) is 21.4 Å². The van der Waals surface area contributed by atoms with Gasteiger partial charge in [0, 0.05) is 0 Å². The lowest BCUT2D eigenvalue weighted by Crippen LogP contribution is -2.19. The van der Waals surface area contributed by atoms with Gasteiger partial charge in [-0.15, -0.1) is 0 Å². The molecule has 3 rings (SSSR count). The molecule has 0 aliphatic rings. The number of halogens is 1. The monoisotopic (exact) mass is 391 g/mol. The average molecular weight is 391 g/mol. The van der Waals surface area contributed by atoms with E-state index in [4.69, 9.17) is 9.88 Å². The van der Waals surface area contributed by atoms with Crippen LogP contribution in [0.25, 0.3) is 10.9 Å². The van der Waals surface area contributed by atoms with Crippen molar-refractivity contribution in [2.24, 2.45) is 5.14 Å². The lowest BCUT2D eigenvalue weighted by Gasteiger charge is -2.13. The minimum atomic E-state index is -4.12. The molecule has 0 saturated carbocycles. The Morgan fingerprint density at radius 3 is 2.67 bits per heavy atom. The number of rotatable bonds is 4. The number of esters is 1. The maximum absolute atomic E-state index is 13.9. The number of nitrogens with two attached hydrogens (primary N) is 1. The number of carbonyl (C=O) groups is 1. The van der Waals surface area contributed by atoms with Crippen molar-refractivity contribution in [3.05, 3.63) is 70.0 Å². The van der Waals surface area contributed by atoms with Crippen LogP contribution in [0.15, 0.2) is 52.2 Å². The maximum Gasteiger partial charge on any atom is 0.341 e. The number of benzene rings is 2. The number of para-hydroxylation sites is 1. The van der Waals surface area contributed by atoms with Crippen molar-refractivity contribution in [2.45, 2.75) is 17.9 Å². The molecule has 0 amide bonds. The molecule has 0 bridgehead atoms. The number of hydrogen-bond donors (Lipinski definition) is 2. The number of nitrogens with one attached hydrogen (secondary N) is 1. The number of H-pyrrole nitrogens is 1. The summed E-state index contributed by atoms with van der Waals surface area (Å²) < 4.78 is 41.8. The molecule has 2 aromatic carbocycles. The lowest BCUT2D eigenvalue weighted by atomic mass is 10.2. The largest absolute Gasteiger partial charge is 0.451 e. The van der Waals surface area contributed by atoms with Crippen LogP contribution >= 0.6 is 0 Å². The van der Waals surface area contributed by atoms with Gasteiger partial charge in [-0.1, -0.05) is 12.1 Å². The van der Waals surface area contributed by atoms with Crippen LogP contribution in [-0.4, -0.2) is 24.4 Å². The van der Waals surface area contributed by atoms with Gasteiger partial charge in [-0.2, -0.15) is 0 Å². The molecule has 0 spiro atoms. The smallest absolute Gasteiger partial charge is 0.341 e. The van der Waals surface area contributed by atoms with Gasteiger partial charge in [-0.05, 0) is 37.3 Å². The molecule has 0 unspecified atom stereocenters. The highest BCUT2D eigenvalue weighted by atomic mass is 32.2. The molecule has 0 fully saturated rings. The number of sulfonamides is 1. The van der Waals surface area contributed by atoms with Crippen molar-refractivity contribution < 1.29 is 22.3 Å². The Bertz CT molecular complexity index is 1210. The molecule has 8 nitrogen and oxygen atoms in total. The van der Waals surface area contributed by atoms with E-state index in [9.17, 15) is 22.4 Å². The van der Waals surface area contributed by atoms with E-state index >= 15 is 0 Å². The summed E-state index contributed by atoms with van der Waals surface area (Å²) in [7, 11) is -4.12. The summed E-state index contributed by atoms with van der Waals surface area (Å²) in [5, 5.41) is 5.35. The summed E-state index contributed by atoms with van der Waals surface area (Å²) in [5.74, 6) is -2.03. The molecule has 1 aromatic heterocycles. The molecule has 10 heteroatoms. The fourth-order valence-electron chi connectivity index (χ4n) is 2.41. The van der Waals surface area contributed by atoms with Crippen LogP contribution in [0.3, 0.4) is 0 Å². The zero-order valence-corrected chi connectivity index (χ0v) is 14.8. The van der Waals surface area contributed by atoms with Gasteiger partial charge >= 0.3 is 5.97 Å². The minimum absolute atomic E-state index is 0.0649. The normalized spacial score (nSPS) is 12.7. The van der Waals surface area contributed by atoms with Crippen LogP contribution in [0.2, 0.25) is 0 Å². The van der Waals surface area contributed by atoms with Gasteiger partial charge in [0.15, 0.2) is 11.9 Å². The predicted octanol–water partition coefficient (Wildman–Crippen LogP) is 1.63. The number of aromatic nitrogens is 2. The fraction of sp³-hybridized carbons (Fsp3) is 0.118. The Kier molecular flexibility index (Phi) is 4.77. The number of aromatic amines is 1. The number of primary sulfonamides is 1. The van der Waals surface area contributed by atoms with Crippen molar-refractivity contribution in [1.82, 2.24) is 9.97 Å². The molecule has 3 aromatic rings. The van der Waals surface area contributed by atoms with E-state index in [0.29, 0.717) is 10.9 Å². The summed E-state index contributed by atoms with van der Waals surface area (Å²) in [6.07, 6.45) is -1.02. The van der Waals surface area contributed by atoms with Gasteiger partial charge in [-0.25, -0.2) is 27.7 Å².